The number of carbonyl (C=O) groups is 2. The molecule has 0 radical (unpaired) electrons. The first-order chi connectivity index (χ1) is 19.1. The maximum atomic E-state index is 14.1. The molecule has 8 nitrogen and oxygen atoms in total. The lowest BCUT2D eigenvalue weighted by Crippen LogP contribution is -2.54. The molecule has 2 amide bonds. The first-order valence-electron chi connectivity index (χ1n) is 13.2. The second-order valence-electron chi connectivity index (χ2n) is 11.0. The smallest absolute Gasteiger partial charge is 0.264 e. The molecule has 0 spiro atoms. The highest BCUT2D eigenvalue weighted by molar-refractivity contribution is 7.92. The van der Waals surface area contributed by atoms with E-state index < -0.39 is 34.1 Å². The number of nitrogens with one attached hydrogen (secondary N) is 1. The van der Waals surface area contributed by atoms with Gasteiger partial charge < -0.3 is 15.0 Å². The Hall–Kier alpha value is -3.56. The van der Waals surface area contributed by atoms with Gasteiger partial charge in [-0.3, -0.25) is 13.9 Å². The van der Waals surface area contributed by atoms with Crippen molar-refractivity contribution in [1.82, 2.24) is 10.2 Å². The standard InChI is InChI=1S/C31H38ClN3O5S/c1-21-11-14-26(17-22(21)2)35(41(38,39)28-15-12-25(32)13-16-28)20-29(36)34(23(3)30(37)33-31(4,5)6)19-24-9-8-10-27(18-24)40-7/h8-18,23H,19-20H2,1-7H3,(H,33,37). The highest BCUT2D eigenvalue weighted by atomic mass is 35.5. The van der Waals surface area contributed by atoms with Gasteiger partial charge in [0.25, 0.3) is 10.0 Å². The summed E-state index contributed by atoms with van der Waals surface area (Å²) in [5, 5.41) is 3.31. The van der Waals surface area contributed by atoms with E-state index >= 15 is 0 Å². The fraction of sp³-hybridized carbons (Fsp3) is 0.355. The zero-order valence-corrected chi connectivity index (χ0v) is 26.1. The van der Waals surface area contributed by atoms with Crippen LogP contribution in [0.1, 0.15) is 44.4 Å². The van der Waals surface area contributed by atoms with Crippen LogP contribution in [0, 0.1) is 13.8 Å². The van der Waals surface area contributed by atoms with Crippen LogP contribution in [-0.4, -0.2) is 50.4 Å². The van der Waals surface area contributed by atoms with Crippen molar-refractivity contribution in [2.45, 2.75) is 64.6 Å². The topological polar surface area (TPSA) is 96.0 Å². The predicted molar refractivity (Wildman–Crippen MR) is 163 cm³/mol. The number of carbonyl (C=O) groups excluding carboxylic acids is 2. The van der Waals surface area contributed by atoms with Crippen LogP contribution in [0.25, 0.3) is 0 Å². The van der Waals surface area contributed by atoms with Crippen LogP contribution < -0.4 is 14.4 Å². The van der Waals surface area contributed by atoms with Crippen molar-refractivity contribution >= 4 is 39.1 Å². The van der Waals surface area contributed by atoms with Crippen molar-refractivity contribution in [1.29, 1.82) is 0 Å². The monoisotopic (exact) mass is 599 g/mol. The maximum absolute atomic E-state index is 14.1. The van der Waals surface area contributed by atoms with E-state index in [9.17, 15) is 18.0 Å². The molecular formula is C31H38ClN3O5S. The lowest BCUT2D eigenvalue weighted by Gasteiger charge is -2.33. The molecule has 41 heavy (non-hydrogen) atoms. The number of benzene rings is 3. The molecule has 0 saturated carbocycles. The molecule has 1 unspecified atom stereocenters. The van der Waals surface area contributed by atoms with Gasteiger partial charge in [0.1, 0.15) is 18.3 Å². The number of sulfonamides is 1. The van der Waals surface area contributed by atoms with E-state index in [-0.39, 0.29) is 17.3 Å². The minimum atomic E-state index is -4.18. The second kappa shape index (κ2) is 13.0. The summed E-state index contributed by atoms with van der Waals surface area (Å²) in [5.41, 5.74) is 2.39. The van der Waals surface area contributed by atoms with Crippen LogP contribution in [0.15, 0.2) is 71.6 Å². The Labute approximate surface area is 248 Å². The van der Waals surface area contributed by atoms with Crippen molar-refractivity contribution in [3.05, 3.63) is 88.4 Å². The highest BCUT2D eigenvalue weighted by Crippen LogP contribution is 2.27. The number of methoxy groups -OCH3 is 1. The summed E-state index contributed by atoms with van der Waals surface area (Å²) in [7, 11) is -2.63. The number of ether oxygens (including phenoxy) is 1. The quantitative estimate of drug-likeness (QED) is 0.332. The third-order valence-corrected chi connectivity index (χ3v) is 8.65. The fourth-order valence-electron chi connectivity index (χ4n) is 4.17. The van der Waals surface area contributed by atoms with Crippen LogP contribution in [0.4, 0.5) is 5.69 Å². The molecule has 10 heteroatoms. The van der Waals surface area contributed by atoms with Crippen LogP contribution in [0.5, 0.6) is 5.75 Å². The average Bonchev–Trinajstić information content (AvgIpc) is 2.90. The van der Waals surface area contributed by atoms with E-state index in [2.05, 4.69) is 5.32 Å². The summed E-state index contributed by atoms with van der Waals surface area (Å²) in [4.78, 5) is 28.7. The molecule has 1 atom stereocenters. The van der Waals surface area contributed by atoms with Crippen molar-refractivity contribution in [2.24, 2.45) is 0 Å². The van der Waals surface area contributed by atoms with Crippen molar-refractivity contribution in [2.75, 3.05) is 18.0 Å². The van der Waals surface area contributed by atoms with Crippen LogP contribution in [-0.2, 0) is 26.2 Å². The number of anilines is 1. The molecule has 0 heterocycles. The Balaban J connectivity index is 2.07. The van der Waals surface area contributed by atoms with E-state index in [0.29, 0.717) is 16.5 Å². The molecule has 0 aromatic heterocycles. The number of nitrogens with zero attached hydrogens (tertiary/aromatic N) is 2. The summed E-state index contributed by atoms with van der Waals surface area (Å²) in [6.07, 6.45) is 0. The SMILES string of the molecule is COc1cccc(CN(C(=O)CN(c2ccc(C)c(C)c2)S(=O)(=O)c2ccc(Cl)cc2)C(C)C(=O)NC(C)(C)C)c1. The van der Waals surface area contributed by atoms with Crippen LogP contribution >= 0.6 is 11.6 Å². The normalized spacial score (nSPS) is 12.4. The van der Waals surface area contributed by atoms with Gasteiger partial charge in [-0.1, -0.05) is 29.8 Å². The molecule has 1 N–H and O–H groups in total. The number of hydrogen-bond acceptors (Lipinski definition) is 5. The zero-order chi connectivity index (χ0) is 30.5. The average molecular weight is 600 g/mol. The van der Waals surface area contributed by atoms with Crippen molar-refractivity contribution in [3.63, 3.8) is 0 Å². The van der Waals surface area contributed by atoms with Gasteiger partial charge in [-0.15, -0.1) is 0 Å². The van der Waals surface area contributed by atoms with E-state index in [4.69, 9.17) is 16.3 Å². The van der Waals surface area contributed by atoms with Gasteiger partial charge in [-0.25, -0.2) is 8.42 Å². The molecule has 220 valence electrons. The number of rotatable bonds is 10. The predicted octanol–water partition coefficient (Wildman–Crippen LogP) is 5.49. The van der Waals surface area contributed by atoms with Gasteiger partial charge in [-0.05, 0) is 107 Å². The molecule has 3 aromatic carbocycles. The zero-order valence-electron chi connectivity index (χ0n) is 24.6. The molecular weight excluding hydrogens is 562 g/mol. The van der Waals surface area contributed by atoms with Crippen LogP contribution in [0.2, 0.25) is 5.02 Å². The van der Waals surface area contributed by atoms with Gasteiger partial charge >= 0.3 is 0 Å². The van der Waals surface area contributed by atoms with Gasteiger partial charge in [-0.2, -0.15) is 0 Å². The van der Waals surface area contributed by atoms with Crippen LogP contribution in [0.3, 0.4) is 0 Å². The molecule has 0 aliphatic rings. The highest BCUT2D eigenvalue weighted by Gasteiger charge is 2.33. The number of aryl methyl sites for hydroxylation is 2. The van der Waals surface area contributed by atoms with E-state index in [1.54, 1.807) is 44.4 Å². The third kappa shape index (κ3) is 8.24. The Kier molecular flexibility index (Phi) is 10.1. The second-order valence-corrected chi connectivity index (χ2v) is 13.3. The molecule has 0 fully saturated rings. The van der Waals surface area contributed by atoms with Gasteiger partial charge in [0.2, 0.25) is 11.8 Å². The Morgan fingerprint density at radius 3 is 2.22 bits per heavy atom. The number of halogens is 1. The van der Waals surface area contributed by atoms with Crippen molar-refractivity contribution < 1.29 is 22.7 Å². The first kappa shape index (κ1) is 32.0. The fourth-order valence-corrected chi connectivity index (χ4v) is 5.70. The first-order valence-corrected chi connectivity index (χ1v) is 15.0. The van der Waals surface area contributed by atoms with Gasteiger partial charge in [0.05, 0.1) is 17.7 Å². The third-order valence-electron chi connectivity index (χ3n) is 6.61. The molecule has 3 aromatic rings. The molecule has 0 aliphatic carbocycles. The van der Waals surface area contributed by atoms with Gasteiger partial charge in [0.15, 0.2) is 0 Å². The number of amides is 2. The Morgan fingerprint density at radius 1 is 0.976 bits per heavy atom. The lowest BCUT2D eigenvalue weighted by molar-refractivity contribution is -0.140. The summed E-state index contributed by atoms with van der Waals surface area (Å²) >= 11 is 6.02. The van der Waals surface area contributed by atoms with E-state index in [1.165, 1.54) is 29.2 Å². The maximum Gasteiger partial charge on any atom is 0.264 e. The summed E-state index contributed by atoms with van der Waals surface area (Å²) in [5.74, 6) is -0.295. The molecule has 0 bridgehead atoms. The molecule has 0 aliphatic heterocycles. The Morgan fingerprint density at radius 2 is 1.63 bits per heavy atom. The van der Waals surface area contributed by atoms with E-state index in [1.807, 2.05) is 46.8 Å². The largest absolute Gasteiger partial charge is 0.497 e. The summed E-state index contributed by atoms with van der Waals surface area (Å²) in [6.45, 7) is 10.5. The van der Waals surface area contributed by atoms with Crippen molar-refractivity contribution in [3.8, 4) is 5.75 Å². The molecule has 3 rings (SSSR count). The molecule has 0 saturated heterocycles. The minimum Gasteiger partial charge on any atom is -0.497 e. The summed E-state index contributed by atoms with van der Waals surface area (Å²) in [6, 6.07) is 17.3. The Bertz CT molecular complexity index is 1500. The van der Waals surface area contributed by atoms with Gasteiger partial charge in [0, 0.05) is 17.1 Å². The van der Waals surface area contributed by atoms with E-state index in [0.717, 1.165) is 21.0 Å². The lowest BCUT2D eigenvalue weighted by atomic mass is 10.1. The number of hydrogen-bond donors (Lipinski definition) is 1. The minimum absolute atomic E-state index is 0.00852. The summed E-state index contributed by atoms with van der Waals surface area (Å²) < 4.78 is 34.3.